The van der Waals surface area contributed by atoms with Gasteiger partial charge >= 0.3 is 0 Å². The minimum atomic E-state index is -3.81. The molecular formula is C14H19F2NO3S. The topological polar surface area (TPSA) is 63.2 Å². The largest absolute Gasteiger partial charge is 0.273 e. The van der Waals surface area contributed by atoms with Gasteiger partial charge in [-0.25, -0.2) is 17.2 Å². The predicted molar refractivity (Wildman–Crippen MR) is 76.2 cm³/mol. The van der Waals surface area contributed by atoms with Crippen LogP contribution in [0.2, 0.25) is 0 Å². The molecule has 0 saturated heterocycles. The molecule has 1 N–H and O–H groups in total. The van der Waals surface area contributed by atoms with Gasteiger partial charge in [0.05, 0.1) is 11.7 Å². The highest BCUT2D eigenvalue weighted by atomic mass is 32.2. The van der Waals surface area contributed by atoms with Crippen LogP contribution in [0.3, 0.4) is 0 Å². The molecule has 0 saturated carbocycles. The third-order valence-corrected chi connectivity index (χ3v) is 4.46. The Labute approximate surface area is 123 Å². The van der Waals surface area contributed by atoms with Crippen molar-refractivity contribution in [2.45, 2.75) is 33.6 Å². The lowest BCUT2D eigenvalue weighted by molar-refractivity contribution is -0.120. The zero-order valence-corrected chi connectivity index (χ0v) is 13.2. The number of carbonyl (C=O) groups excluding carboxylic acids is 1. The summed E-state index contributed by atoms with van der Waals surface area (Å²) < 4.78 is 52.0. The van der Waals surface area contributed by atoms with Crippen molar-refractivity contribution in [3.8, 4) is 0 Å². The molecule has 1 rings (SSSR count). The van der Waals surface area contributed by atoms with Crippen LogP contribution < -0.4 is 4.72 Å². The first-order valence-electron chi connectivity index (χ1n) is 6.40. The van der Waals surface area contributed by atoms with Gasteiger partial charge in [-0.3, -0.25) is 9.52 Å². The number of amides is 1. The molecular weight excluding hydrogens is 300 g/mol. The van der Waals surface area contributed by atoms with E-state index in [1.807, 2.05) is 4.72 Å². The molecule has 0 aromatic heterocycles. The highest BCUT2D eigenvalue weighted by Gasteiger charge is 2.27. The van der Waals surface area contributed by atoms with Crippen molar-refractivity contribution < 1.29 is 22.0 Å². The first kappa shape index (κ1) is 17.6. The van der Waals surface area contributed by atoms with E-state index in [9.17, 15) is 22.0 Å². The molecule has 0 bridgehead atoms. The number of nitrogens with one attached hydrogen (secondary N) is 1. The Morgan fingerprint density at radius 1 is 1.29 bits per heavy atom. The first-order valence-corrected chi connectivity index (χ1v) is 8.06. The van der Waals surface area contributed by atoms with Crippen molar-refractivity contribution in [3.63, 3.8) is 0 Å². The van der Waals surface area contributed by atoms with E-state index in [0.29, 0.717) is 6.07 Å². The molecule has 1 amide bonds. The monoisotopic (exact) mass is 319 g/mol. The highest BCUT2D eigenvalue weighted by Crippen LogP contribution is 2.21. The van der Waals surface area contributed by atoms with Gasteiger partial charge in [-0.15, -0.1) is 0 Å². The molecule has 21 heavy (non-hydrogen) atoms. The molecule has 0 aliphatic heterocycles. The van der Waals surface area contributed by atoms with Crippen LogP contribution >= 0.6 is 0 Å². The third kappa shape index (κ3) is 5.41. The van der Waals surface area contributed by atoms with E-state index in [-0.39, 0.29) is 11.3 Å². The molecule has 1 atom stereocenters. The fourth-order valence-electron chi connectivity index (χ4n) is 1.84. The van der Waals surface area contributed by atoms with E-state index in [0.717, 1.165) is 12.1 Å². The first-order chi connectivity index (χ1) is 9.41. The number of rotatable bonds is 4. The van der Waals surface area contributed by atoms with Gasteiger partial charge in [-0.2, -0.15) is 0 Å². The molecule has 1 aromatic carbocycles. The molecule has 0 heterocycles. The smallest absolute Gasteiger partial charge is 0.240 e. The summed E-state index contributed by atoms with van der Waals surface area (Å²) in [6, 6.07) is 2.81. The quantitative estimate of drug-likeness (QED) is 0.927. The molecule has 0 radical (unpaired) electrons. The van der Waals surface area contributed by atoms with Crippen molar-refractivity contribution in [2.75, 3.05) is 5.75 Å². The fourth-order valence-corrected chi connectivity index (χ4v) is 3.54. The standard InChI is InChI=1S/C14H19F2NO3S/c1-9(11-6-5-10(15)7-12(11)16)13(18)17-21(19,20)8-14(2,3)4/h5-7,9H,8H2,1-4H3,(H,17,18). The van der Waals surface area contributed by atoms with Gasteiger partial charge in [0.25, 0.3) is 0 Å². The average Bonchev–Trinajstić information content (AvgIpc) is 2.23. The van der Waals surface area contributed by atoms with E-state index in [2.05, 4.69) is 0 Å². The Kier molecular flexibility index (Phi) is 5.09. The molecule has 0 aliphatic carbocycles. The molecule has 0 fully saturated rings. The number of carbonyl (C=O) groups is 1. The van der Waals surface area contributed by atoms with Crippen LogP contribution in [0.5, 0.6) is 0 Å². The summed E-state index contributed by atoms with van der Waals surface area (Å²) in [5.41, 5.74) is -0.573. The second kappa shape index (κ2) is 6.09. The lowest BCUT2D eigenvalue weighted by Crippen LogP contribution is -2.38. The molecule has 0 aliphatic rings. The van der Waals surface area contributed by atoms with E-state index >= 15 is 0 Å². The normalized spacial score (nSPS) is 13.8. The van der Waals surface area contributed by atoms with E-state index in [1.54, 1.807) is 20.8 Å². The lowest BCUT2D eigenvalue weighted by atomic mass is 10.0. The zero-order chi connectivity index (χ0) is 16.4. The van der Waals surface area contributed by atoms with Crippen LogP contribution in [-0.2, 0) is 14.8 Å². The Hall–Kier alpha value is -1.50. The maximum atomic E-state index is 13.6. The van der Waals surface area contributed by atoms with Gasteiger partial charge in [0, 0.05) is 11.6 Å². The summed E-state index contributed by atoms with van der Waals surface area (Å²) in [5.74, 6) is -3.76. The van der Waals surface area contributed by atoms with Crippen molar-refractivity contribution >= 4 is 15.9 Å². The molecule has 118 valence electrons. The molecule has 0 spiro atoms. The fraction of sp³-hybridized carbons (Fsp3) is 0.500. The minimum absolute atomic E-state index is 0.0557. The summed E-state index contributed by atoms with van der Waals surface area (Å²) >= 11 is 0. The zero-order valence-electron chi connectivity index (χ0n) is 12.4. The van der Waals surface area contributed by atoms with Gasteiger partial charge in [-0.05, 0) is 18.4 Å². The average molecular weight is 319 g/mol. The van der Waals surface area contributed by atoms with Crippen LogP contribution in [0.4, 0.5) is 8.78 Å². The number of hydrogen-bond acceptors (Lipinski definition) is 3. The van der Waals surface area contributed by atoms with Gasteiger partial charge < -0.3 is 0 Å². The summed E-state index contributed by atoms with van der Waals surface area (Å²) in [6.07, 6.45) is 0. The van der Waals surface area contributed by atoms with Crippen LogP contribution in [0.1, 0.15) is 39.2 Å². The highest BCUT2D eigenvalue weighted by molar-refractivity contribution is 7.90. The minimum Gasteiger partial charge on any atom is -0.273 e. The van der Waals surface area contributed by atoms with Crippen molar-refractivity contribution in [1.82, 2.24) is 4.72 Å². The Bertz CT molecular complexity index is 636. The number of sulfonamides is 1. The Balaban J connectivity index is 2.89. The van der Waals surface area contributed by atoms with Crippen molar-refractivity contribution in [1.29, 1.82) is 0 Å². The number of halogens is 2. The van der Waals surface area contributed by atoms with Gasteiger partial charge in [-0.1, -0.05) is 26.8 Å². The summed E-state index contributed by atoms with van der Waals surface area (Å²) in [7, 11) is -3.81. The predicted octanol–water partition coefficient (Wildman–Crippen LogP) is 2.56. The molecule has 1 unspecified atom stereocenters. The van der Waals surface area contributed by atoms with E-state index in [4.69, 9.17) is 0 Å². The van der Waals surface area contributed by atoms with Crippen LogP contribution in [0, 0.1) is 17.0 Å². The van der Waals surface area contributed by atoms with E-state index < -0.39 is 38.9 Å². The summed E-state index contributed by atoms with van der Waals surface area (Å²) in [4.78, 5) is 11.9. The van der Waals surface area contributed by atoms with Gasteiger partial charge in [0.2, 0.25) is 15.9 Å². The van der Waals surface area contributed by atoms with Gasteiger partial charge in [0.15, 0.2) is 0 Å². The summed E-state index contributed by atoms with van der Waals surface area (Å²) in [6.45, 7) is 6.53. The van der Waals surface area contributed by atoms with Crippen LogP contribution in [0.25, 0.3) is 0 Å². The SMILES string of the molecule is CC(C(=O)NS(=O)(=O)CC(C)(C)C)c1ccc(F)cc1F. The third-order valence-electron chi connectivity index (χ3n) is 2.70. The second-order valence-corrected chi connectivity index (χ2v) is 7.90. The maximum Gasteiger partial charge on any atom is 0.240 e. The van der Waals surface area contributed by atoms with Gasteiger partial charge in [0.1, 0.15) is 11.6 Å². The second-order valence-electron chi connectivity index (χ2n) is 6.17. The van der Waals surface area contributed by atoms with Crippen LogP contribution in [0.15, 0.2) is 18.2 Å². The Morgan fingerprint density at radius 2 is 1.86 bits per heavy atom. The summed E-state index contributed by atoms with van der Waals surface area (Å²) in [5, 5.41) is 0. The molecule has 7 heteroatoms. The Morgan fingerprint density at radius 3 is 2.33 bits per heavy atom. The molecule has 1 aromatic rings. The number of benzene rings is 1. The maximum absolute atomic E-state index is 13.6. The van der Waals surface area contributed by atoms with Crippen molar-refractivity contribution in [2.24, 2.45) is 5.41 Å². The number of hydrogen-bond donors (Lipinski definition) is 1. The van der Waals surface area contributed by atoms with E-state index in [1.165, 1.54) is 6.92 Å². The lowest BCUT2D eigenvalue weighted by Gasteiger charge is -2.19. The van der Waals surface area contributed by atoms with Crippen molar-refractivity contribution in [3.05, 3.63) is 35.4 Å². The molecule has 4 nitrogen and oxygen atoms in total. The van der Waals surface area contributed by atoms with Crippen LogP contribution in [-0.4, -0.2) is 20.1 Å².